The van der Waals surface area contributed by atoms with Crippen LogP contribution in [0.3, 0.4) is 0 Å². The second-order valence-corrected chi connectivity index (χ2v) is 8.49. The van der Waals surface area contributed by atoms with Gasteiger partial charge in [-0.2, -0.15) is 0 Å². The second kappa shape index (κ2) is 11.5. The molecule has 4 N–H and O–H groups in total. The fourth-order valence-corrected chi connectivity index (χ4v) is 3.95. The summed E-state index contributed by atoms with van der Waals surface area (Å²) in [6.07, 6.45) is 5.59. The molecule has 0 saturated carbocycles. The Morgan fingerprint density at radius 2 is 1.65 bits per heavy atom. The Morgan fingerprint density at radius 3 is 2.24 bits per heavy atom. The van der Waals surface area contributed by atoms with Gasteiger partial charge in [-0.05, 0) is 86.9 Å². The molecule has 1 aromatic heterocycles. The average Bonchev–Trinajstić information content (AvgIpc) is 3.22. The summed E-state index contributed by atoms with van der Waals surface area (Å²) < 4.78 is 0. The van der Waals surface area contributed by atoms with Crippen LogP contribution in [0.4, 0.5) is 5.69 Å². The molecule has 178 valence electrons. The molecular weight excluding hydrogens is 458 g/mol. The maximum atomic E-state index is 12.5. The summed E-state index contributed by atoms with van der Waals surface area (Å²) in [4.78, 5) is 37.3. The molecule has 1 amide bonds. The van der Waals surface area contributed by atoms with Crippen molar-refractivity contribution in [1.82, 2.24) is 9.88 Å². The highest BCUT2D eigenvalue weighted by Crippen LogP contribution is 2.34. The van der Waals surface area contributed by atoms with Gasteiger partial charge in [0.15, 0.2) is 0 Å². The van der Waals surface area contributed by atoms with Gasteiger partial charge in [0.1, 0.15) is 0 Å². The number of hydrogen-bond acceptors (Lipinski definition) is 4. The van der Waals surface area contributed by atoms with E-state index in [2.05, 4.69) is 34.5 Å². The molecular formula is C25H26ClN3O5. The Labute approximate surface area is 201 Å². The molecule has 1 aliphatic rings. The number of benzene rings is 2. The number of fused-ring (bicyclic) bond motifs is 1. The molecule has 0 bridgehead atoms. The number of nitrogens with zero attached hydrogens (tertiary/aromatic N) is 1. The highest BCUT2D eigenvalue weighted by Gasteiger charge is 2.21. The van der Waals surface area contributed by atoms with Crippen LogP contribution in [-0.2, 0) is 9.59 Å². The third kappa shape index (κ3) is 6.94. The van der Waals surface area contributed by atoms with Gasteiger partial charge >= 0.3 is 11.9 Å². The Bertz CT molecular complexity index is 1180. The van der Waals surface area contributed by atoms with Crippen molar-refractivity contribution < 1.29 is 24.6 Å². The summed E-state index contributed by atoms with van der Waals surface area (Å²) in [7, 11) is 2.18. The van der Waals surface area contributed by atoms with Gasteiger partial charge in [-0.1, -0.05) is 11.6 Å². The van der Waals surface area contributed by atoms with Crippen LogP contribution >= 0.6 is 11.6 Å². The monoisotopic (exact) mass is 483 g/mol. The van der Waals surface area contributed by atoms with E-state index in [4.69, 9.17) is 21.8 Å². The van der Waals surface area contributed by atoms with Gasteiger partial charge in [0.25, 0.3) is 5.91 Å². The summed E-state index contributed by atoms with van der Waals surface area (Å²) in [6.45, 7) is 2.26. The number of carbonyl (C=O) groups excluding carboxylic acids is 1. The number of carboxylic acid groups (broad SMARTS) is 2. The molecule has 4 rings (SSSR count). The first-order chi connectivity index (χ1) is 16.2. The number of likely N-dealkylation sites (tertiary alicyclic amines) is 1. The third-order valence-corrected chi connectivity index (χ3v) is 5.86. The quantitative estimate of drug-likeness (QED) is 0.393. The highest BCUT2D eigenvalue weighted by atomic mass is 35.5. The molecule has 0 unspecified atom stereocenters. The van der Waals surface area contributed by atoms with E-state index >= 15 is 0 Å². The summed E-state index contributed by atoms with van der Waals surface area (Å²) in [6, 6.07) is 13.0. The number of piperidine rings is 1. The number of carbonyl (C=O) groups is 3. The normalized spacial score (nSPS) is 14.5. The minimum atomic E-state index is -1.26. The topological polar surface area (TPSA) is 123 Å². The number of aromatic amines is 1. The molecule has 0 atom stereocenters. The molecule has 34 heavy (non-hydrogen) atoms. The molecule has 1 aliphatic heterocycles. The smallest absolute Gasteiger partial charge is 0.328 e. The van der Waals surface area contributed by atoms with E-state index in [1.807, 2.05) is 12.1 Å². The van der Waals surface area contributed by atoms with Crippen LogP contribution in [0.5, 0.6) is 0 Å². The van der Waals surface area contributed by atoms with Crippen molar-refractivity contribution >= 4 is 46.0 Å². The Morgan fingerprint density at radius 1 is 1.03 bits per heavy atom. The zero-order chi connectivity index (χ0) is 24.7. The zero-order valence-corrected chi connectivity index (χ0v) is 19.4. The SMILES string of the molecule is CN1CCC(c2c[nH]c3ccc(NC(=O)c4ccc(Cl)cc4)cc23)CC1.O=C(O)C=CC(=O)O. The van der Waals surface area contributed by atoms with Crippen LogP contribution in [0.15, 0.2) is 60.8 Å². The standard InChI is InChI=1S/C21H22ClN3O.C4H4O4/c1-25-10-8-14(9-11-25)19-13-23-20-7-6-17(12-18(19)20)24-21(26)15-2-4-16(22)5-3-15;5-3(6)1-2-4(7)8/h2-7,12-14,23H,8-11H2,1H3,(H,24,26);1-2H,(H,5,6)(H,7,8). The number of amides is 1. The number of nitrogens with one attached hydrogen (secondary N) is 2. The number of aromatic nitrogens is 1. The lowest BCUT2D eigenvalue weighted by Crippen LogP contribution is -2.29. The molecule has 3 aromatic rings. The molecule has 8 nitrogen and oxygen atoms in total. The van der Waals surface area contributed by atoms with Gasteiger partial charge in [-0.15, -0.1) is 0 Å². The van der Waals surface area contributed by atoms with Gasteiger partial charge in [-0.25, -0.2) is 9.59 Å². The fraction of sp³-hybridized carbons (Fsp3) is 0.240. The number of H-pyrrole nitrogens is 1. The van der Waals surface area contributed by atoms with Gasteiger partial charge in [0.2, 0.25) is 0 Å². The third-order valence-electron chi connectivity index (χ3n) is 5.60. The van der Waals surface area contributed by atoms with Crippen LogP contribution in [-0.4, -0.2) is 58.1 Å². The number of anilines is 1. The molecule has 1 saturated heterocycles. The summed E-state index contributed by atoms with van der Waals surface area (Å²) in [5.41, 5.74) is 3.88. The Kier molecular flexibility index (Phi) is 8.45. The number of carboxylic acids is 2. The highest BCUT2D eigenvalue weighted by molar-refractivity contribution is 6.30. The molecule has 1 fully saturated rings. The van der Waals surface area contributed by atoms with Crippen molar-refractivity contribution in [3.8, 4) is 0 Å². The molecule has 2 aromatic carbocycles. The van der Waals surface area contributed by atoms with Crippen molar-refractivity contribution in [3.63, 3.8) is 0 Å². The first-order valence-electron chi connectivity index (χ1n) is 10.7. The lowest BCUT2D eigenvalue weighted by Gasteiger charge is -2.28. The largest absolute Gasteiger partial charge is 0.478 e. The van der Waals surface area contributed by atoms with Gasteiger partial charge < -0.3 is 25.4 Å². The molecule has 0 aliphatic carbocycles. The van der Waals surface area contributed by atoms with Crippen LogP contribution < -0.4 is 5.32 Å². The van der Waals surface area contributed by atoms with E-state index in [9.17, 15) is 14.4 Å². The van der Waals surface area contributed by atoms with E-state index in [0.717, 1.165) is 24.3 Å². The first-order valence-corrected chi connectivity index (χ1v) is 11.1. The first kappa shape index (κ1) is 25.0. The maximum Gasteiger partial charge on any atom is 0.328 e. The maximum absolute atomic E-state index is 12.5. The second-order valence-electron chi connectivity index (χ2n) is 8.05. The average molecular weight is 484 g/mol. The predicted molar refractivity (Wildman–Crippen MR) is 132 cm³/mol. The van der Waals surface area contributed by atoms with E-state index in [1.54, 1.807) is 24.3 Å². The van der Waals surface area contributed by atoms with E-state index in [-0.39, 0.29) is 5.91 Å². The fourth-order valence-electron chi connectivity index (χ4n) is 3.82. The summed E-state index contributed by atoms with van der Waals surface area (Å²) in [5.74, 6) is -2.07. The van der Waals surface area contributed by atoms with Crippen LogP contribution in [0.25, 0.3) is 10.9 Å². The number of hydrogen-bond donors (Lipinski definition) is 4. The summed E-state index contributed by atoms with van der Waals surface area (Å²) in [5, 5.41) is 20.4. The summed E-state index contributed by atoms with van der Waals surface area (Å²) >= 11 is 5.89. The molecule has 0 radical (unpaired) electrons. The minimum absolute atomic E-state index is 0.127. The Hall–Kier alpha value is -3.62. The van der Waals surface area contributed by atoms with Crippen molar-refractivity contribution in [2.45, 2.75) is 18.8 Å². The molecule has 2 heterocycles. The van der Waals surface area contributed by atoms with Crippen LogP contribution in [0, 0.1) is 0 Å². The lowest BCUT2D eigenvalue weighted by atomic mass is 9.89. The number of rotatable bonds is 5. The van der Waals surface area contributed by atoms with Crippen molar-refractivity contribution in [2.24, 2.45) is 0 Å². The molecule has 9 heteroatoms. The van der Waals surface area contributed by atoms with Gasteiger partial charge in [0, 0.05) is 45.5 Å². The van der Waals surface area contributed by atoms with Gasteiger partial charge in [-0.3, -0.25) is 4.79 Å². The minimum Gasteiger partial charge on any atom is -0.478 e. The van der Waals surface area contributed by atoms with Crippen molar-refractivity contribution in [2.75, 3.05) is 25.5 Å². The predicted octanol–water partition coefficient (Wildman–Crippen LogP) is 4.59. The van der Waals surface area contributed by atoms with Crippen LogP contribution in [0.1, 0.15) is 34.7 Å². The van der Waals surface area contributed by atoms with Crippen molar-refractivity contribution in [1.29, 1.82) is 0 Å². The number of halogens is 1. The van der Waals surface area contributed by atoms with E-state index in [1.165, 1.54) is 23.8 Å². The van der Waals surface area contributed by atoms with E-state index in [0.29, 0.717) is 28.7 Å². The van der Waals surface area contributed by atoms with Crippen molar-refractivity contribution in [3.05, 3.63) is 77.0 Å². The van der Waals surface area contributed by atoms with Gasteiger partial charge in [0.05, 0.1) is 0 Å². The zero-order valence-electron chi connectivity index (χ0n) is 18.6. The van der Waals surface area contributed by atoms with Crippen LogP contribution in [0.2, 0.25) is 5.02 Å². The Balaban J connectivity index is 0.000000350. The number of aliphatic carboxylic acids is 2. The van der Waals surface area contributed by atoms with E-state index < -0.39 is 11.9 Å². The lowest BCUT2D eigenvalue weighted by molar-refractivity contribution is -0.134. The molecule has 0 spiro atoms.